The first-order valence-electron chi connectivity index (χ1n) is 9.99. The number of likely N-dealkylation sites (tertiary alicyclic amines) is 1. The Morgan fingerprint density at radius 1 is 1.07 bits per heavy atom. The van der Waals surface area contributed by atoms with Crippen molar-refractivity contribution in [1.29, 1.82) is 0 Å². The molecule has 0 spiro atoms. The van der Waals surface area contributed by atoms with E-state index in [1.165, 1.54) is 5.56 Å². The third-order valence-corrected chi connectivity index (χ3v) is 5.28. The van der Waals surface area contributed by atoms with Crippen LogP contribution < -0.4 is 14.8 Å². The minimum atomic E-state index is -0.134. The van der Waals surface area contributed by atoms with Crippen LogP contribution in [0.15, 0.2) is 48.5 Å². The van der Waals surface area contributed by atoms with E-state index in [1.54, 1.807) is 26.4 Å². The third-order valence-electron chi connectivity index (χ3n) is 5.28. The Bertz CT molecular complexity index is 741. The minimum Gasteiger partial charge on any atom is -0.496 e. The van der Waals surface area contributed by atoms with Crippen molar-refractivity contribution in [2.24, 2.45) is 0 Å². The SMILES string of the molecule is COc1cccc(OC)c1C(=O)N[C@H]1CCCN(CCCc2ccccc2)C1. The van der Waals surface area contributed by atoms with Gasteiger partial charge in [-0.25, -0.2) is 0 Å². The fourth-order valence-corrected chi connectivity index (χ4v) is 3.86. The Labute approximate surface area is 167 Å². The number of methoxy groups -OCH3 is 2. The molecule has 3 rings (SSSR count). The molecule has 0 radical (unpaired) electrons. The van der Waals surface area contributed by atoms with Crippen molar-refractivity contribution in [1.82, 2.24) is 10.2 Å². The van der Waals surface area contributed by atoms with E-state index >= 15 is 0 Å². The molecule has 0 unspecified atom stereocenters. The van der Waals surface area contributed by atoms with Crippen molar-refractivity contribution in [2.75, 3.05) is 33.9 Å². The topological polar surface area (TPSA) is 50.8 Å². The molecule has 0 aliphatic carbocycles. The Balaban J connectivity index is 1.54. The third kappa shape index (κ3) is 5.26. The molecule has 1 saturated heterocycles. The molecule has 5 heteroatoms. The van der Waals surface area contributed by atoms with Gasteiger partial charge in [-0.1, -0.05) is 36.4 Å². The van der Waals surface area contributed by atoms with Crippen LogP contribution in [-0.2, 0) is 6.42 Å². The number of rotatable bonds is 8. The lowest BCUT2D eigenvalue weighted by Crippen LogP contribution is -2.48. The van der Waals surface area contributed by atoms with Gasteiger partial charge >= 0.3 is 0 Å². The molecular formula is C23H30N2O3. The van der Waals surface area contributed by atoms with Crippen molar-refractivity contribution in [3.05, 3.63) is 59.7 Å². The van der Waals surface area contributed by atoms with Crippen molar-refractivity contribution < 1.29 is 14.3 Å². The predicted octanol–water partition coefficient (Wildman–Crippen LogP) is 3.53. The van der Waals surface area contributed by atoms with Crippen LogP contribution in [0.5, 0.6) is 11.5 Å². The van der Waals surface area contributed by atoms with Crippen LogP contribution in [-0.4, -0.2) is 50.7 Å². The number of nitrogens with one attached hydrogen (secondary N) is 1. The first-order valence-corrected chi connectivity index (χ1v) is 9.99. The number of benzene rings is 2. The Kier molecular flexibility index (Phi) is 7.31. The molecule has 150 valence electrons. The quantitative estimate of drug-likeness (QED) is 0.759. The van der Waals surface area contributed by atoms with Gasteiger partial charge in [0, 0.05) is 12.6 Å². The van der Waals surface area contributed by atoms with Gasteiger partial charge in [-0.3, -0.25) is 4.79 Å². The number of carbonyl (C=O) groups is 1. The summed E-state index contributed by atoms with van der Waals surface area (Å²) in [5.41, 5.74) is 1.85. The van der Waals surface area contributed by atoms with E-state index in [1.807, 2.05) is 6.07 Å². The number of aryl methyl sites for hydroxylation is 1. The molecule has 1 fully saturated rings. The molecule has 1 heterocycles. The molecule has 1 N–H and O–H groups in total. The lowest BCUT2D eigenvalue weighted by atomic mass is 10.0. The molecule has 2 aromatic carbocycles. The first kappa shape index (κ1) is 20.2. The van der Waals surface area contributed by atoms with Crippen molar-refractivity contribution >= 4 is 5.91 Å². The molecular weight excluding hydrogens is 352 g/mol. The maximum Gasteiger partial charge on any atom is 0.259 e. The maximum atomic E-state index is 12.9. The van der Waals surface area contributed by atoms with E-state index < -0.39 is 0 Å². The van der Waals surface area contributed by atoms with Crippen LogP contribution in [0.1, 0.15) is 35.2 Å². The summed E-state index contributed by atoms with van der Waals surface area (Å²) >= 11 is 0. The monoisotopic (exact) mass is 382 g/mol. The second-order valence-corrected chi connectivity index (χ2v) is 7.24. The van der Waals surface area contributed by atoms with Crippen molar-refractivity contribution in [3.8, 4) is 11.5 Å². The van der Waals surface area contributed by atoms with E-state index in [9.17, 15) is 4.79 Å². The predicted molar refractivity (Wildman–Crippen MR) is 111 cm³/mol. The summed E-state index contributed by atoms with van der Waals surface area (Å²) in [6.07, 6.45) is 4.32. The zero-order valence-electron chi connectivity index (χ0n) is 16.8. The summed E-state index contributed by atoms with van der Waals surface area (Å²) in [5.74, 6) is 0.935. The molecule has 0 bridgehead atoms. The normalized spacial score (nSPS) is 17.1. The molecule has 2 aromatic rings. The molecule has 0 saturated carbocycles. The van der Waals surface area contributed by atoms with Crippen LogP contribution in [0.25, 0.3) is 0 Å². The van der Waals surface area contributed by atoms with Gasteiger partial charge < -0.3 is 19.7 Å². The average molecular weight is 383 g/mol. The van der Waals surface area contributed by atoms with E-state index in [-0.39, 0.29) is 11.9 Å². The Morgan fingerprint density at radius 2 is 1.79 bits per heavy atom. The van der Waals surface area contributed by atoms with Crippen LogP contribution in [0, 0.1) is 0 Å². The molecule has 1 amide bonds. The van der Waals surface area contributed by atoms with Crippen LogP contribution >= 0.6 is 0 Å². The minimum absolute atomic E-state index is 0.134. The van der Waals surface area contributed by atoms with Crippen LogP contribution in [0.2, 0.25) is 0 Å². The lowest BCUT2D eigenvalue weighted by Gasteiger charge is -2.33. The smallest absolute Gasteiger partial charge is 0.259 e. The lowest BCUT2D eigenvalue weighted by molar-refractivity contribution is 0.0897. The second-order valence-electron chi connectivity index (χ2n) is 7.24. The zero-order valence-corrected chi connectivity index (χ0v) is 16.8. The number of amides is 1. The van der Waals surface area contributed by atoms with Gasteiger partial charge in [0.1, 0.15) is 17.1 Å². The standard InChI is InChI=1S/C23H30N2O3/c1-27-20-13-6-14-21(28-2)22(20)23(26)24-19-12-8-16-25(17-19)15-7-11-18-9-4-3-5-10-18/h3-6,9-10,13-14,19H,7-8,11-12,15-17H2,1-2H3,(H,24,26)/t19-/m0/s1. The summed E-state index contributed by atoms with van der Waals surface area (Å²) in [7, 11) is 3.14. The van der Waals surface area contributed by atoms with E-state index in [0.717, 1.165) is 45.3 Å². The molecule has 5 nitrogen and oxygen atoms in total. The van der Waals surface area contributed by atoms with E-state index in [4.69, 9.17) is 9.47 Å². The average Bonchev–Trinajstić information content (AvgIpc) is 2.74. The highest BCUT2D eigenvalue weighted by molar-refractivity contribution is 5.99. The molecule has 1 atom stereocenters. The molecule has 1 aliphatic heterocycles. The number of ether oxygens (including phenoxy) is 2. The van der Waals surface area contributed by atoms with E-state index in [2.05, 4.69) is 40.5 Å². The van der Waals surface area contributed by atoms with Crippen molar-refractivity contribution in [3.63, 3.8) is 0 Å². The fourth-order valence-electron chi connectivity index (χ4n) is 3.86. The van der Waals surface area contributed by atoms with Gasteiger partial charge in [-0.15, -0.1) is 0 Å². The summed E-state index contributed by atoms with van der Waals surface area (Å²) in [6, 6.07) is 16.1. The first-order chi connectivity index (χ1) is 13.7. The van der Waals surface area contributed by atoms with Gasteiger partial charge in [0.15, 0.2) is 0 Å². The highest BCUT2D eigenvalue weighted by Crippen LogP contribution is 2.28. The number of hydrogen-bond acceptors (Lipinski definition) is 4. The van der Waals surface area contributed by atoms with Gasteiger partial charge in [0.05, 0.1) is 14.2 Å². The van der Waals surface area contributed by atoms with Gasteiger partial charge in [0.25, 0.3) is 5.91 Å². The van der Waals surface area contributed by atoms with Crippen LogP contribution in [0.3, 0.4) is 0 Å². The van der Waals surface area contributed by atoms with E-state index in [0.29, 0.717) is 17.1 Å². The van der Waals surface area contributed by atoms with Gasteiger partial charge in [-0.2, -0.15) is 0 Å². The number of carbonyl (C=O) groups excluding carboxylic acids is 1. The summed E-state index contributed by atoms with van der Waals surface area (Å²) < 4.78 is 10.7. The van der Waals surface area contributed by atoms with Gasteiger partial charge in [-0.05, 0) is 56.5 Å². The summed E-state index contributed by atoms with van der Waals surface area (Å²) in [5, 5.41) is 3.18. The highest BCUT2D eigenvalue weighted by atomic mass is 16.5. The zero-order chi connectivity index (χ0) is 19.8. The highest BCUT2D eigenvalue weighted by Gasteiger charge is 2.24. The second kappa shape index (κ2) is 10.1. The largest absolute Gasteiger partial charge is 0.496 e. The summed E-state index contributed by atoms with van der Waals surface area (Å²) in [6.45, 7) is 3.04. The molecule has 28 heavy (non-hydrogen) atoms. The van der Waals surface area contributed by atoms with Crippen molar-refractivity contribution in [2.45, 2.75) is 31.7 Å². The number of nitrogens with zero attached hydrogens (tertiary/aromatic N) is 1. The summed E-state index contributed by atoms with van der Waals surface area (Å²) in [4.78, 5) is 15.3. The Morgan fingerprint density at radius 3 is 2.46 bits per heavy atom. The molecule has 0 aromatic heterocycles. The van der Waals surface area contributed by atoms with Crippen LogP contribution in [0.4, 0.5) is 0 Å². The molecule has 1 aliphatic rings. The van der Waals surface area contributed by atoms with Gasteiger partial charge in [0.2, 0.25) is 0 Å². The number of hydrogen-bond donors (Lipinski definition) is 1. The number of piperidine rings is 1. The fraction of sp³-hybridized carbons (Fsp3) is 0.435. The Hall–Kier alpha value is -2.53. The maximum absolute atomic E-state index is 12.9.